The molecule has 0 aliphatic carbocycles. The molecular weight excluding hydrogens is 496 g/mol. The van der Waals surface area contributed by atoms with Crippen LogP contribution < -0.4 is 0 Å². The minimum absolute atomic E-state index is 0.186. The van der Waals surface area contributed by atoms with Crippen LogP contribution in [0.2, 0.25) is 0 Å². The summed E-state index contributed by atoms with van der Waals surface area (Å²) in [5.41, 5.74) is -2.01. The van der Waals surface area contributed by atoms with Crippen molar-refractivity contribution in [3.8, 4) is 0 Å². The van der Waals surface area contributed by atoms with E-state index in [0.717, 1.165) is 19.3 Å². The molecule has 224 valence electrons. The number of cyclic esters (lactones) is 1. The Kier molecular flexibility index (Phi) is 18.6. The second-order valence-corrected chi connectivity index (χ2v) is 10.3. The summed E-state index contributed by atoms with van der Waals surface area (Å²) in [6, 6.07) is 0. The largest absolute Gasteiger partial charge is 0.487 e. The van der Waals surface area contributed by atoms with Crippen LogP contribution in [0.15, 0.2) is 11.5 Å². The van der Waals surface area contributed by atoms with E-state index in [1.54, 1.807) is 0 Å². The lowest BCUT2D eigenvalue weighted by Gasteiger charge is -2.35. The molecule has 0 bridgehead atoms. The van der Waals surface area contributed by atoms with Crippen molar-refractivity contribution in [2.75, 3.05) is 33.0 Å². The quantitative estimate of drug-likeness (QED) is 0.0737. The van der Waals surface area contributed by atoms with E-state index >= 15 is 0 Å². The van der Waals surface area contributed by atoms with Crippen molar-refractivity contribution < 1.29 is 49.6 Å². The highest BCUT2D eigenvalue weighted by atomic mass is 16.6. The molecule has 38 heavy (non-hydrogen) atoms. The molecule has 0 spiro atoms. The Morgan fingerprint density at radius 3 is 1.68 bits per heavy atom. The molecule has 0 amide bonds. The molecule has 4 atom stereocenters. The highest BCUT2D eigenvalue weighted by Crippen LogP contribution is 2.41. The third-order valence-corrected chi connectivity index (χ3v) is 6.89. The number of aliphatic hydroxyl groups is 6. The maximum atomic E-state index is 12.6. The van der Waals surface area contributed by atoms with Gasteiger partial charge in [0, 0.05) is 6.42 Å². The number of hydrogen-bond acceptors (Lipinski definition) is 10. The minimum Gasteiger partial charge on any atom is -0.487 e. The number of hydrogen-bond donors (Lipinski definition) is 6. The average molecular weight is 549 g/mol. The van der Waals surface area contributed by atoms with Gasteiger partial charge in [-0.15, -0.1) is 0 Å². The average Bonchev–Trinajstić information content (AvgIpc) is 3.19. The van der Waals surface area contributed by atoms with Crippen molar-refractivity contribution in [2.24, 2.45) is 0 Å². The molecule has 1 heterocycles. The van der Waals surface area contributed by atoms with Gasteiger partial charge in [-0.25, -0.2) is 4.79 Å². The maximum absolute atomic E-state index is 12.6. The normalized spacial score (nSPS) is 19.9. The first-order valence-corrected chi connectivity index (χ1v) is 14.5. The Bertz CT molecular complexity index is 656. The number of aliphatic hydroxyl groups excluding tert-OH is 6. The van der Waals surface area contributed by atoms with E-state index in [4.69, 9.17) is 19.3 Å². The van der Waals surface area contributed by atoms with Gasteiger partial charge in [-0.3, -0.25) is 0 Å². The van der Waals surface area contributed by atoms with Crippen molar-refractivity contribution in [2.45, 2.75) is 127 Å². The summed E-state index contributed by atoms with van der Waals surface area (Å²) in [5, 5.41) is 58.2. The van der Waals surface area contributed by atoms with Crippen molar-refractivity contribution in [3.63, 3.8) is 0 Å². The first kappa shape index (κ1) is 34.6. The van der Waals surface area contributed by atoms with E-state index in [1.807, 2.05) is 0 Å². The second-order valence-electron chi connectivity index (χ2n) is 10.3. The van der Waals surface area contributed by atoms with Crippen LogP contribution >= 0.6 is 0 Å². The monoisotopic (exact) mass is 548 g/mol. The van der Waals surface area contributed by atoms with Crippen LogP contribution in [0.25, 0.3) is 0 Å². The standard InChI is InChI=1S/C28H52O10/c1-2-3-4-5-6-7-8-9-10-11-12-13-14-15-16-36-25-26(37-21-23(33)19-30)28(24(34)20-31,38-27(25)35)17-22(32)18-29/h22-24,29-34H,2-21H2,1H3/t22?,23?,24-,28+/m0/s1. The zero-order valence-corrected chi connectivity index (χ0v) is 23.2. The minimum atomic E-state index is -2.01. The zero-order chi connectivity index (χ0) is 28.2. The number of carbonyl (C=O) groups is 1. The molecule has 10 nitrogen and oxygen atoms in total. The van der Waals surface area contributed by atoms with Gasteiger partial charge in [0.1, 0.15) is 18.8 Å². The third kappa shape index (κ3) is 12.2. The van der Waals surface area contributed by atoms with Gasteiger partial charge in [0.2, 0.25) is 11.4 Å². The lowest BCUT2D eigenvalue weighted by Crippen LogP contribution is -2.50. The predicted octanol–water partition coefficient (Wildman–Crippen LogP) is 2.46. The molecule has 1 aliphatic heterocycles. The third-order valence-electron chi connectivity index (χ3n) is 6.89. The molecule has 0 fully saturated rings. The zero-order valence-electron chi connectivity index (χ0n) is 23.2. The van der Waals surface area contributed by atoms with Crippen molar-refractivity contribution in [1.29, 1.82) is 0 Å². The van der Waals surface area contributed by atoms with Gasteiger partial charge in [-0.05, 0) is 6.42 Å². The smallest absolute Gasteiger partial charge is 0.378 e. The highest BCUT2D eigenvalue weighted by Gasteiger charge is 2.56. The fourth-order valence-corrected chi connectivity index (χ4v) is 4.61. The van der Waals surface area contributed by atoms with Gasteiger partial charge in [-0.2, -0.15) is 0 Å². The molecule has 0 radical (unpaired) electrons. The van der Waals surface area contributed by atoms with E-state index in [9.17, 15) is 30.3 Å². The van der Waals surface area contributed by atoms with Crippen molar-refractivity contribution in [1.82, 2.24) is 0 Å². The van der Waals surface area contributed by atoms with Gasteiger partial charge >= 0.3 is 5.97 Å². The molecule has 0 aromatic carbocycles. The van der Waals surface area contributed by atoms with Crippen LogP contribution in [0.3, 0.4) is 0 Å². The fourth-order valence-electron chi connectivity index (χ4n) is 4.61. The summed E-state index contributed by atoms with van der Waals surface area (Å²) in [4.78, 5) is 12.6. The van der Waals surface area contributed by atoms with E-state index in [1.165, 1.54) is 64.2 Å². The lowest BCUT2D eigenvalue weighted by atomic mass is 9.88. The molecule has 2 unspecified atom stereocenters. The first-order chi connectivity index (χ1) is 18.4. The number of ether oxygens (including phenoxy) is 3. The predicted molar refractivity (Wildman–Crippen MR) is 142 cm³/mol. The van der Waals surface area contributed by atoms with Gasteiger partial charge in [0.15, 0.2) is 5.76 Å². The van der Waals surface area contributed by atoms with Gasteiger partial charge in [0.25, 0.3) is 0 Å². The van der Waals surface area contributed by atoms with Gasteiger partial charge < -0.3 is 44.8 Å². The number of rotatable bonds is 25. The summed E-state index contributed by atoms with van der Waals surface area (Å²) < 4.78 is 16.5. The molecule has 0 aromatic heterocycles. The van der Waals surface area contributed by atoms with Gasteiger partial charge in [-0.1, -0.05) is 90.4 Å². The Balaban J connectivity index is 2.52. The Hall–Kier alpha value is -1.43. The molecular formula is C28H52O10. The SMILES string of the molecule is CCCCCCCCCCCCCCCCOC1=C(OCC(O)CO)[C@@](CC(O)CO)([C@@H](O)CO)OC1=O. The molecule has 6 N–H and O–H groups in total. The van der Waals surface area contributed by atoms with Crippen molar-refractivity contribution >= 4 is 5.97 Å². The van der Waals surface area contributed by atoms with Crippen LogP contribution in [0.4, 0.5) is 0 Å². The fraction of sp³-hybridized carbons (Fsp3) is 0.893. The Morgan fingerprint density at radius 2 is 1.21 bits per heavy atom. The number of esters is 1. The van der Waals surface area contributed by atoms with Crippen LogP contribution in [0, 0.1) is 0 Å². The topological polar surface area (TPSA) is 166 Å². The summed E-state index contributed by atoms with van der Waals surface area (Å²) in [6.45, 7) is -0.131. The van der Waals surface area contributed by atoms with E-state index in [0.29, 0.717) is 6.42 Å². The molecule has 0 saturated carbocycles. The first-order valence-electron chi connectivity index (χ1n) is 14.5. The molecule has 1 aliphatic rings. The summed E-state index contributed by atoms with van der Waals surface area (Å²) in [6.07, 6.45) is 12.0. The van der Waals surface area contributed by atoms with Crippen LogP contribution in [-0.4, -0.2) is 93.6 Å². The van der Waals surface area contributed by atoms with Gasteiger partial charge in [0.05, 0.1) is 32.5 Å². The number of unbranched alkanes of at least 4 members (excludes halogenated alkanes) is 13. The molecule has 10 heteroatoms. The highest BCUT2D eigenvalue weighted by molar-refractivity contribution is 5.90. The van der Waals surface area contributed by atoms with Crippen molar-refractivity contribution in [3.05, 3.63) is 11.5 Å². The van der Waals surface area contributed by atoms with E-state index in [2.05, 4.69) is 6.92 Å². The second kappa shape index (κ2) is 20.5. The van der Waals surface area contributed by atoms with Crippen LogP contribution in [0.1, 0.15) is 103 Å². The Morgan fingerprint density at radius 1 is 0.711 bits per heavy atom. The summed E-state index contributed by atoms with van der Waals surface area (Å²) in [7, 11) is 0. The maximum Gasteiger partial charge on any atom is 0.378 e. The Labute approximate surface area is 227 Å². The molecule has 1 rings (SSSR count). The molecule has 0 aromatic rings. The lowest BCUT2D eigenvalue weighted by molar-refractivity contribution is -0.172. The molecule has 0 saturated heterocycles. The van der Waals surface area contributed by atoms with E-state index in [-0.39, 0.29) is 18.1 Å². The summed E-state index contributed by atoms with van der Waals surface area (Å²) >= 11 is 0. The summed E-state index contributed by atoms with van der Waals surface area (Å²) in [5.74, 6) is -1.54. The van der Waals surface area contributed by atoms with Crippen LogP contribution in [-0.2, 0) is 19.0 Å². The van der Waals surface area contributed by atoms with Crippen LogP contribution in [0.5, 0.6) is 0 Å². The number of carbonyl (C=O) groups excluding carboxylic acids is 1. The van der Waals surface area contributed by atoms with E-state index < -0.39 is 62.7 Å².